The second-order valence-electron chi connectivity index (χ2n) is 6.17. The summed E-state index contributed by atoms with van der Waals surface area (Å²) in [7, 11) is 3.45. The molecule has 0 atom stereocenters. The number of hydrogen-bond donors (Lipinski definition) is 1. The highest BCUT2D eigenvalue weighted by atomic mass is 16.5. The highest BCUT2D eigenvalue weighted by molar-refractivity contribution is 5.50. The second-order valence-corrected chi connectivity index (χ2v) is 6.17. The number of nitrogens with two attached hydrogens (primary N) is 1. The molecule has 2 rings (SSSR count). The van der Waals surface area contributed by atoms with Crippen LogP contribution in [0.4, 0.5) is 0 Å². The van der Waals surface area contributed by atoms with Gasteiger partial charge in [-0.15, -0.1) is 0 Å². The first-order valence-corrected chi connectivity index (χ1v) is 7.57. The maximum absolute atomic E-state index is 6.67. The molecule has 1 aliphatic rings. The molecule has 0 saturated heterocycles. The van der Waals surface area contributed by atoms with Crippen LogP contribution in [0.1, 0.15) is 63.0 Å². The average Bonchev–Trinajstić information content (AvgIpc) is 2.46. The third-order valence-corrected chi connectivity index (χ3v) is 4.46. The van der Waals surface area contributed by atoms with E-state index in [0.29, 0.717) is 5.92 Å². The maximum atomic E-state index is 6.67. The second kappa shape index (κ2) is 6.04. The van der Waals surface area contributed by atoms with E-state index in [4.69, 9.17) is 15.2 Å². The molecule has 1 saturated carbocycles. The maximum Gasteiger partial charge on any atom is 0.124 e. The van der Waals surface area contributed by atoms with E-state index in [1.807, 2.05) is 0 Å². The Balaban J connectivity index is 2.51. The lowest BCUT2D eigenvalue weighted by Gasteiger charge is -2.35. The Morgan fingerprint density at radius 1 is 1.00 bits per heavy atom. The largest absolute Gasteiger partial charge is 0.496 e. The molecule has 1 aromatic carbocycles. The topological polar surface area (TPSA) is 44.5 Å². The molecular formula is C17H27NO2. The quantitative estimate of drug-likeness (QED) is 0.906. The molecule has 112 valence electrons. The summed E-state index contributed by atoms with van der Waals surface area (Å²) >= 11 is 0. The molecule has 3 nitrogen and oxygen atoms in total. The summed E-state index contributed by atoms with van der Waals surface area (Å²) in [6, 6.07) is 4.20. The summed E-state index contributed by atoms with van der Waals surface area (Å²) in [5.41, 5.74) is 8.67. The predicted octanol–water partition coefficient (Wildman–Crippen LogP) is 3.95. The Labute approximate surface area is 122 Å². The van der Waals surface area contributed by atoms with E-state index in [1.54, 1.807) is 14.2 Å². The minimum absolute atomic E-state index is 0.271. The van der Waals surface area contributed by atoms with Crippen molar-refractivity contribution >= 4 is 0 Å². The van der Waals surface area contributed by atoms with Crippen molar-refractivity contribution in [1.29, 1.82) is 0 Å². The first-order chi connectivity index (χ1) is 9.51. The fourth-order valence-corrected chi connectivity index (χ4v) is 3.21. The van der Waals surface area contributed by atoms with Gasteiger partial charge in [0.15, 0.2) is 0 Å². The zero-order valence-electron chi connectivity index (χ0n) is 13.2. The van der Waals surface area contributed by atoms with Crippen molar-refractivity contribution in [2.24, 2.45) is 5.73 Å². The monoisotopic (exact) mass is 277 g/mol. The summed E-state index contributed by atoms with van der Waals surface area (Å²) in [4.78, 5) is 0. The molecule has 0 heterocycles. The van der Waals surface area contributed by atoms with Crippen LogP contribution < -0.4 is 15.2 Å². The standard InChI is InChI=1S/C17H27NO2/c1-12(2)13-10-16(20-4)14(11-15(13)19-3)17(18)8-6-5-7-9-17/h10-12H,5-9,18H2,1-4H3. The van der Waals surface area contributed by atoms with Gasteiger partial charge in [-0.2, -0.15) is 0 Å². The summed E-state index contributed by atoms with van der Waals surface area (Å²) < 4.78 is 11.2. The van der Waals surface area contributed by atoms with Gasteiger partial charge in [0.1, 0.15) is 11.5 Å². The molecule has 0 bridgehead atoms. The molecule has 0 aliphatic heterocycles. The fourth-order valence-electron chi connectivity index (χ4n) is 3.21. The van der Waals surface area contributed by atoms with Crippen molar-refractivity contribution in [3.8, 4) is 11.5 Å². The van der Waals surface area contributed by atoms with E-state index in [2.05, 4.69) is 26.0 Å². The molecule has 20 heavy (non-hydrogen) atoms. The average molecular weight is 277 g/mol. The third-order valence-electron chi connectivity index (χ3n) is 4.46. The first kappa shape index (κ1) is 15.2. The molecule has 0 radical (unpaired) electrons. The molecule has 0 unspecified atom stereocenters. The minimum Gasteiger partial charge on any atom is -0.496 e. The van der Waals surface area contributed by atoms with Crippen LogP contribution in [0.2, 0.25) is 0 Å². The van der Waals surface area contributed by atoms with Gasteiger partial charge in [0.25, 0.3) is 0 Å². The van der Waals surface area contributed by atoms with Crippen LogP contribution in [0.3, 0.4) is 0 Å². The van der Waals surface area contributed by atoms with Gasteiger partial charge < -0.3 is 15.2 Å². The van der Waals surface area contributed by atoms with Gasteiger partial charge >= 0.3 is 0 Å². The van der Waals surface area contributed by atoms with Crippen molar-refractivity contribution in [2.75, 3.05) is 14.2 Å². The van der Waals surface area contributed by atoms with Crippen LogP contribution in [-0.4, -0.2) is 14.2 Å². The molecule has 1 fully saturated rings. The smallest absolute Gasteiger partial charge is 0.124 e. The lowest BCUT2D eigenvalue weighted by atomic mass is 9.76. The predicted molar refractivity (Wildman–Crippen MR) is 82.6 cm³/mol. The van der Waals surface area contributed by atoms with Crippen molar-refractivity contribution in [1.82, 2.24) is 0 Å². The first-order valence-electron chi connectivity index (χ1n) is 7.57. The van der Waals surface area contributed by atoms with Gasteiger partial charge in [0, 0.05) is 16.7 Å². The van der Waals surface area contributed by atoms with Crippen molar-refractivity contribution in [3.63, 3.8) is 0 Å². The number of methoxy groups -OCH3 is 2. The summed E-state index contributed by atoms with van der Waals surface area (Å²) in [6.07, 6.45) is 5.70. The van der Waals surface area contributed by atoms with Crippen molar-refractivity contribution in [3.05, 3.63) is 23.3 Å². The number of rotatable bonds is 4. The Bertz CT molecular complexity index is 462. The number of ether oxygens (including phenoxy) is 2. The van der Waals surface area contributed by atoms with Crippen LogP contribution in [-0.2, 0) is 5.54 Å². The molecular weight excluding hydrogens is 250 g/mol. The van der Waals surface area contributed by atoms with Crippen LogP contribution in [0.25, 0.3) is 0 Å². The molecule has 3 heteroatoms. The lowest BCUT2D eigenvalue weighted by molar-refractivity contribution is 0.287. The van der Waals surface area contributed by atoms with E-state index in [-0.39, 0.29) is 5.54 Å². The van der Waals surface area contributed by atoms with Gasteiger partial charge in [-0.25, -0.2) is 0 Å². The van der Waals surface area contributed by atoms with Crippen LogP contribution in [0.5, 0.6) is 11.5 Å². The lowest BCUT2D eigenvalue weighted by Crippen LogP contribution is -2.39. The number of hydrogen-bond acceptors (Lipinski definition) is 3. The number of benzene rings is 1. The van der Waals surface area contributed by atoms with E-state index < -0.39 is 0 Å². The molecule has 0 aromatic heterocycles. The van der Waals surface area contributed by atoms with E-state index >= 15 is 0 Å². The highest BCUT2D eigenvalue weighted by Gasteiger charge is 2.33. The Morgan fingerprint density at radius 2 is 1.60 bits per heavy atom. The van der Waals surface area contributed by atoms with Gasteiger partial charge in [-0.1, -0.05) is 33.1 Å². The Kier molecular flexibility index (Phi) is 4.59. The Hall–Kier alpha value is -1.22. The SMILES string of the molecule is COc1cc(C2(N)CCCCC2)c(OC)cc1C(C)C. The molecule has 0 spiro atoms. The zero-order chi connectivity index (χ0) is 14.8. The van der Waals surface area contributed by atoms with Crippen LogP contribution in [0.15, 0.2) is 12.1 Å². The molecule has 0 amide bonds. The third kappa shape index (κ3) is 2.78. The van der Waals surface area contributed by atoms with Gasteiger partial charge in [-0.05, 0) is 30.9 Å². The molecule has 1 aromatic rings. The van der Waals surface area contributed by atoms with Crippen LogP contribution in [0, 0.1) is 0 Å². The highest BCUT2D eigenvalue weighted by Crippen LogP contribution is 2.43. The summed E-state index contributed by atoms with van der Waals surface area (Å²) in [5.74, 6) is 2.22. The van der Waals surface area contributed by atoms with Crippen molar-refractivity contribution < 1.29 is 9.47 Å². The Morgan fingerprint density at radius 3 is 2.10 bits per heavy atom. The summed E-state index contributed by atoms with van der Waals surface area (Å²) in [5, 5.41) is 0. The molecule has 1 aliphatic carbocycles. The fraction of sp³-hybridized carbons (Fsp3) is 0.647. The summed E-state index contributed by atoms with van der Waals surface area (Å²) in [6.45, 7) is 4.32. The van der Waals surface area contributed by atoms with E-state index in [1.165, 1.54) is 24.8 Å². The van der Waals surface area contributed by atoms with Gasteiger partial charge in [-0.3, -0.25) is 0 Å². The van der Waals surface area contributed by atoms with E-state index in [9.17, 15) is 0 Å². The zero-order valence-corrected chi connectivity index (χ0v) is 13.2. The molecule has 2 N–H and O–H groups in total. The normalized spacial score (nSPS) is 18.1. The van der Waals surface area contributed by atoms with E-state index in [0.717, 1.165) is 29.9 Å². The van der Waals surface area contributed by atoms with Crippen molar-refractivity contribution in [2.45, 2.75) is 57.4 Å². The van der Waals surface area contributed by atoms with Gasteiger partial charge in [0.2, 0.25) is 0 Å². The van der Waals surface area contributed by atoms with Crippen LogP contribution >= 0.6 is 0 Å². The van der Waals surface area contributed by atoms with Gasteiger partial charge in [0.05, 0.1) is 14.2 Å². The minimum atomic E-state index is -0.271.